The van der Waals surface area contributed by atoms with Gasteiger partial charge in [0.1, 0.15) is 12.6 Å². The van der Waals surface area contributed by atoms with Gasteiger partial charge in [0, 0.05) is 12.0 Å². The highest BCUT2D eigenvalue weighted by Gasteiger charge is 2.56. The number of nitrogens with zero attached hydrogens (tertiary/aromatic N) is 1. The van der Waals surface area contributed by atoms with Crippen LogP contribution in [0, 0.1) is 0 Å². The average Bonchev–Trinajstić information content (AvgIpc) is 3.06. The lowest BCUT2D eigenvalue weighted by atomic mass is 9.72. The molecule has 3 unspecified atom stereocenters. The molecule has 0 saturated carbocycles. The van der Waals surface area contributed by atoms with Crippen molar-refractivity contribution in [1.82, 2.24) is 0 Å². The summed E-state index contributed by atoms with van der Waals surface area (Å²) < 4.78 is 11.9. The number of aliphatic hydroxyl groups excluding tert-OH is 2. The molecule has 1 aromatic rings. The van der Waals surface area contributed by atoms with Crippen molar-refractivity contribution in [2.45, 2.75) is 37.1 Å². The first-order chi connectivity index (χ1) is 10.6. The SMILES string of the molecule is C[N+]12CCC3=C[C@H](O)[C@@H](O)C(c4cc5c(cc4C1)OCO5)C32. The van der Waals surface area contributed by atoms with Crippen LogP contribution in [0.15, 0.2) is 23.8 Å². The van der Waals surface area contributed by atoms with E-state index in [0.29, 0.717) is 0 Å². The Morgan fingerprint density at radius 1 is 1.18 bits per heavy atom. The van der Waals surface area contributed by atoms with E-state index >= 15 is 0 Å². The molecule has 5 heteroatoms. The summed E-state index contributed by atoms with van der Waals surface area (Å²) in [5.74, 6) is 1.48. The van der Waals surface area contributed by atoms with Gasteiger partial charge in [0.15, 0.2) is 11.5 Å². The first-order valence-electron chi connectivity index (χ1n) is 7.90. The van der Waals surface area contributed by atoms with Gasteiger partial charge in [-0.15, -0.1) is 0 Å². The van der Waals surface area contributed by atoms with Crippen molar-refractivity contribution in [1.29, 1.82) is 0 Å². The van der Waals surface area contributed by atoms with Gasteiger partial charge in [-0.25, -0.2) is 0 Å². The van der Waals surface area contributed by atoms with Crippen LogP contribution in [-0.2, 0) is 6.54 Å². The normalized spacial score (nSPS) is 41.0. The lowest BCUT2D eigenvalue weighted by Gasteiger charge is -2.48. The molecule has 1 saturated heterocycles. The molecule has 0 spiro atoms. The summed E-state index contributed by atoms with van der Waals surface area (Å²) >= 11 is 0. The Bertz CT molecular complexity index is 700. The van der Waals surface area contributed by atoms with Crippen LogP contribution < -0.4 is 9.47 Å². The molecule has 1 fully saturated rings. The summed E-state index contributed by atoms with van der Waals surface area (Å²) in [7, 11) is 2.26. The number of benzene rings is 1. The molecule has 1 aliphatic carbocycles. The summed E-state index contributed by atoms with van der Waals surface area (Å²) in [6, 6.07) is 4.35. The van der Waals surface area contributed by atoms with E-state index in [1.54, 1.807) is 0 Å². The van der Waals surface area contributed by atoms with Crippen LogP contribution in [0.3, 0.4) is 0 Å². The molecule has 3 aliphatic heterocycles. The summed E-state index contributed by atoms with van der Waals surface area (Å²) in [5.41, 5.74) is 3.62. The Kier molecular flexibility index (Phi) is 2.38. The van der Waals surface area contributed by atoms with E-state index in [0.717, 1.165) is 41.1 Å². The Balaban J connectivity index is 1.73. The molecule has 5 rings (SSSR count). The predicted molar refractivity (Wildman–Crippen MR) is 78.6 cm³/mol. The second kappa shape index (κ2) is 4.04. The van der Waals surface area contributed by atoms with Crippen molar-refractivity contribution in [3.8, 4) is 11.5 Å². The maximum Gasteiger partial charge on any atom is 0.231 e. The Morgan fingerprint density at radius 2 is 1.95 bits per heavy atom. The summed E-state index contributed by atoms with van der Waals surface area (Å²) in [6.45, 7) is 2.25. The quantitative estimate of drug-likeness (QED) is 0.552. The number of quaternary nitrogens is 1. The molecular weight excluding hydrogens is 282 g/mol. The van der Waals surface area contributed by atoms with E-state index in [1.165, 1.54) is 11.1 Å². The second-order valence-corrected chi connectivity index (χ2v) is 7.21. The predicted octanol–water partition coefficient (Wildman–Crippen LogP) is 0.893. The fraction of sp³-hybridized carbons (Fsp3) is 0.529. The Hall–Kier alpha value is -1.56. The molecule has 5 atom stereocenters. The van der Waals surface area contributed by atoms with Gasteiger partial charge in [0.2, 0.25) is 6.79 Å². The first-order valence-corrected chi connectivity index (χ1v) is 7.90. The standard InChI is InChI=1S/C17H20NO4/c1-18-3-2-9-4-12(19)17(20)15(16(9)18)11-6-14-13(21-8-22-14)5-10(11)7-18/h4-6,12,15-17,19-20H,2-3,7-8H2,1H3/q+1/t12-,15?,16?,17+,18?/m0/s1. The van der Waals surface area contributed by atoms with Gasteiger partial charge in [0.25, 0.3) is 0 Å². The van der Waals surface area contributed by atoms with Crippen LogP contribution in [-0.4, -0.2) is 53.3 Å². The minimum atomic E-state index is -0.779. The number of likely N-dealkylation sites (N-methyl/N-ethyl adjacent to an activating group) is 1. The van der Waals surface area contributed by atoms with Crippen LogP contribution in [0.2, 0.25) is 0 Å². The van der Waals surface area contributed by atoms with Crippen molar-refractivity contribution in [3.05, 3.63) is 34.9 Å². The molecule has 3 heterocycles. The number of hydrogen-bond acceptors (Lipinski definition) is 4. The molecule has 0 amide bonds. The van der Waals surface area contributed by atoms with Crippen LogP contribution in [0.1, 0.15) is 23.5 Å². The molecule has 22 heavy (non-hydrogen) atoms. The van der Waals surface area contributed by atoms with Gasteiger partial charge in [-0.05, 0) is 29.3 Å². The van der Waals surface area contributed by atoms with Crippen molar-refractivity contribution in [3.63, 3.8) is 0 Å². The van der Waals surface area contributed by atoms with Gasteiger partial charge in [-0.1, -0.05) is 0 Å². The highest BCUT2D eigenvalue weighted by atomic mass is 16.7. The smallest absolute Gasteiger partial charge is 0.231 e. The third kappa shape index (κ3) is 1.49. The van der Waals surface area contributed by atoms with E-state index < -0.39 is 12.2 Å². The summed E-state index contributed by atoms with van der Waals surface area (Å²) in [6.07, 6.45) is 1.35. The van der Waals surface area contributed by atoms with Gasteiger partial charge in [-0.2, -0.15) is 0 Å². The largest absolute Gasteiger partial charge is 0.454 e. The first kappa shape index (κ1) is 12.9. The lowest BCUT2D eigenvalue weighted by molar-refractivity contribution is -0.935. The Labute approximate surface area is 129 Å². The van der Waals surface area contributed by atoms with Crippen molar-refractivity contribution in [2.75, 3.05) is 20.4 Å². The number of rotatable bonds is 0. The number of ether oxygens (including phenoxy) is 2. The van der Waals surface area contributed by atoms with Crippen LogP contribution >= 0.6 is 0 Å². The highest BCUT2D eigenvalue weighted by molar-refractivity contribution is 5.52. The van der Waals surface area contributed by atoms with E-state index in [2.05, 4.69) is 13.1 Å². The van der Waals surface area contributed by atoms with E-state index in [1.807, 2.05) is 12.1 Å². The topological polar surface area (TPSA) is 58.9 Å². The molecule has 2 N–H and O–H groups in total. The fourth-order valence-electron chi connectivity index (χ4n) is 4.96. The van der Waals surface area contributed by atoms with Crippen molar-refractivity contribution in [2.24, 2.45) is 0 Å². The molecule has 0 bridgehead atoms. The van der Waals surface area contributed by atoms with Gasteiger partial charge >= 0.3 is 0 Å². The van der Waals surface area contributed by atoms with Gasteiger partial charge in [0.05, 0.1) is 31.7 Å². The molecule has 5 nitrogen and oxygen atoms in total. The van der Waals surface area contributed by atoms with Gasteiger partial charge in [-0.3, -0.25) is 0 Å². The van der Waals surface area contributed by atoms with Gasteiger partial charge < -0.3 is 24.2 Å². The minimum Gasteiger partial charge on any atom is -0.454 e. The van der Waals surface area contributed by atoms with Crippen molar-refractivity contribution >= 4 is 0 Å². The van der Waals surface area contributed by atoms with Crippen LogP contribution in [0.4, 0.5) is 0 Å². The fourth-order valence-corrected chi connectivity index (χ4v) is 4.96. The van der Waals surface area contributed by atoms with Crippen LogP contribution in [0.5, 0.6) is 11.5 Å². The van der Waals surface area contributed by atoms with E-state index in [-0.39, 0.29) is 18.8 Å². The minimum absolute atomic E-state index is 0.0688. The maximum absolute atomic E-state index is 10.7. The number of hydrogen-bond donors (Lipinski definition) is 2. The molecule has 116 valence electrons. The zero-order valence-corrected chi connectivity index (χ0v) is 12.5. The molecule has 4 aliphatic rings. The molecule has 0 radical (unpaired) electrons. The van der Waals surface area contributed by atoms with E-state index in [4.69, 9.17) is 9.47 Å². The van der Waals surface area contributed by atoms with Crippen molar-refractivity contribution < 1.29 is 24.2 Å². The maximum atomic E-state index is 10.7. The third-order valence-electron chi connectivity index (χ3n) is 5.93. The number of fused-ring (bicyclic) bond motifs is 3. The summed E-state index contributed by atoms with van der Waals surface area (Å²) in [4.78, 5) is 0. The number of aliphatic hydroxyl groups is 2. The molecular formula is C17H20NO4+. The lowest BCUT2D eigenvalue weighted by Crippen LogP contribution is -2.58. The molecule has 0 aromatic heterocycles. The Morgan fingerprint density at radius 3 is 2.77 bits per heavy atom. The molecule has 1 aromatic carbocycles. The monoisotopic (exact) mass is 302 g/mol. The zero-order chi connectivity index (χ0) is 15.1. The third-order valence-corrected chi connectivity index (χ3v) is 5.93. The average molecular weight is 302 g/mol. The highest BCUT2D eigenvalue weighted by Crippen LogP contribution is 2.52. The zero-order valence-electron chi connectivity index (χ0n) is 12.5. The second-order valence-electron chi connectivity index (χ2n) is 7.21. The van der Waals surface area contributed by atoms with E-state index in [9.17, 15) is 10.2 Å². The van der Waals surface area contributed by atoms with Crippen LogP contribution in [0.25, 0.3) is 0 Å². The summed E-state index contributed by atoms with van der Waals surface area (Å²) in [5, 5.41) is 20.9.